The first kappa shape index (κ1) is 18.0. The number of rotatable bonds is 4. The molecule has 3 rings (SSSR count). The van der Waals surface area contributed by atoms with Crippen molar-refractivity contribution in [2.24, 2.45) is 11.7 Å². The second kappa shape index (κ2) is 7.05. The van der Waals surface area contributed by atoms with Gasteiger partial charge < -0.3 is 15.4 Å². The minimum atomic E-state index is -0.723. The zero-order valence-electron chi connectivity index (χ0n) is 13.3. The molecule has 1 aromatic carbocycles. The molecule has 2 fully saturated rings. The Hall–Kier alpha value is -1.33. The van der Waals surface area contributed by atoms with Crippen molar-refractivity contribution in [3.63, 3.8) is 0 Å². The van der Waals surface area contributed by atoms with Crippen molar-refractivity contribution in [2.75, 3.05) is 13.1 Å². The summed E-state index contributed by atoms with van der Waals surface area (Å²) in [5, 5.41) is 0. The van der Waals surface area contributed by atoms with Crippen molar-refractivity contribution in [2.45, 2.75) is 44.2 Å². The first-order valence-electron chi connectivity index (χ1n) is 8.00. The normalized spacial score (nSPS) is 21.3. The van der Waals surface area contributed by atoms with Gasteiger partial charge in [0.05, 0.1) is 0 Å². The Morgan fingerprint density at radius 2 is 1.87 bits per heavy atom. The molecule has 1 unspecified atom stereocenters. The Morgan fingerprint density at radius 1 is 1.30 bits per heavy atom. The van der Waals surface area contributed by atoms with E-state index in [1.54, 1.807) is 12.1 Å². The minimum absolute atomic E-state index is 0. The lowest BCUT2D eigenvalue weighted by Crippen LogP contribution is -2.48. The fourth-order valence-electron chi connectivity index (χ4n) is 3.12. The van der Waals surface area contributed by atoms with E-state index in [4.69, 9.17) is 10.5 Å². The molecule has 0 spiro atoms. The number of amides is 1. The molecule has 4 nitrogen and oxygen atoms in total. The van der Waals surface area contributed by atoms with Crippen LogP contribution in [0.1, 0.15) is 32.6 Å². The van der Waals surface area contributed by atoms with Gasteiger partial charge in [-0.25, -0.2) is 4.39 Å². The monoisotopic (exact) mass is 342 g/mol. The number of carbonyl (C=O) groups is 1. The van der Waals surface area contributed by atoms with Crippen LogP contribution >= 0.6 is 12.4 Å². The minimum Gasteiger partial charge on any atom is -0.477 e. The average Bonchev–Trinajstić information content (AvgIpc) is 3.30. The Labute approximate surface area is 142 Å². The molecule has 128 valence electrons. The first-order chi connectivity index (χ1) is 10.5. The Morgan fingerprint density at radius 3 is 2.35 bits per heavy atom. The van der Waals surface area contributed by atoms with Crippen molar-refractivity contribution in [3.8, 4) is 5.75 Å². The van der Waals surface area contributed by atoms with Gasteiger partial charge in [0, 0.05) is 32.0 Å². The molecule has 1 aromatic rings. The van der Waals surface area contributed by atoms with E-state index in [1.807, 2.05) is 11.8 Å². The van der Waals surface area contributed by atoms with E-state index in [2.05, 4.69) is 0 Å². The Bertz CT molecular complexity index is 538. The summed E-state index contributed by atoms with van der Waals surface area (Å²) in [6, 6.07) is 6.03. The van der Waals surface area contributed by atoms with E-state index in [0.29, 0.717) is 11.7 Å². The number of piperidine rings is 1. The van der Waals surface area contributed by atoms with Gasteiger partial charge in [0.1, 0.15) is 11.6 Å². The predicted molar refractivity (Wildman–Crippen MR) is 89.2 cm³/mol. The molecule has 1 aliphatic carbocycles. The second-order valence-electron chi connectivity index (χ2n) is 6.54. The molecule has 23 heavy (non-hydrogen) atoms. The van der Waals surface area contributed by atoms with Crippen LogP contribution in [-0.4, -0.2) is 35.5 Å². The van der Waals surface area contributed by atoms with Crippen LogP contribution in [0.3, 0.4) is 0 Å². The van der Waals surface area contributed by atoms with Crippen molar-refractivity contribution in [1.82, 2.24) is 4.90 Å². The molecule has 2 aliphatic rings. The predicted octanol–water partition coefficient (Wildman–Crippen LogP) is 2.74. The standard InChI is InChI=1S/C17H23FN2O2.ClH/c1-12(19)13-6-10-20(11-7-13)16(21)17(8-9-17)22-15-4-2-14(18)3-5-15;/h2-5,12-13H,6-11,19H2,1H3;1H. The summed E-state index contributed by atoms with van der Waals surface area (Å²) in [4.78, 5) is 14.6. The SMILES string of the molecule is CC(N)C1CCN(C(=O)C2(Oc3ccc(F)cc3)CC2)CC1.Cl. The molecule has 1 atom stereocenters. The van der Waals surface area contributed by atoms with Crippen LogP contribution in [0.2, 0.25) is 0 Å². The summed E-state index contributed by atoms with van der Waals surface area (Å²) in [6.45, 7) is 3.53. The summed E-state index contributed by atoms with van der Waals surface area (Å²) in [6.07, 6.45) is 3.37. The lowest BCUT2D eigenvalue weighted by atomic mass is 9.90. The number of hydrogen-bond donors (Lipinski definition) is 1. The van der Waals surface area contributed by atoms with Crippen LogP contribution in [0.15, 0.2) is 24.3 Å². The summed E-state index contributed by atoms with van der Waals surface area (Å²) in [7, 11) is 0. The number of carbonyl (C=O) groups excluding carboxylic acids is 1. The highest BCUT2D eigenvalue weighted by atomic mass is 35.5. The van der Waals surface area contributed by atoms with Crippen molar-refractivity contribution in [1.29, 1.82) is 0 Å². The van der Waals surface area contributed by atoms with E-state index in [9.17, 15) is 9.18 Å². The van der Waals surface area contributed by atoms with Gasteiger partial charge in [-0.2, -0.15) is 0 Å². The van der Waals surface area contributed by atoms with Crippen LogP contribution in [0, 0.1) is 11.7 Å². The number of ether oxygens (including phenoxy) is 1. The average molecular weight is 343 g/mol. The second-order valence-corrected chi connectivity index (χ2v) is 6.54. The molecule has 1 saturated carbocycles. The summed E-state index contributed by atoms with van der Waals surface area (Å²) < 4.78 is 18.8. The van der Waals surface area contributed by atoms with E-state index in [0.717, 1.165) is 38.8 Å². The zero-order valence-corrected chi connectivity index (χ0v) is 14.2. The van der Waals surface area contributed by atoms with Gasteiger partial charge in [-0.15, -0.1) is 12.4 Å². The number of nitrogens with zero attached hydrogens (tertiary/aromatic N) is 1. The van der Waals surface area contributed by atoms with Crippen LogP contribution in [0.5, 0.6) is 5.75 Å². The van der Waals surface area contributed by atoms with Crippen LogP contribution in [0.4, 0.5) is 4.39 Å². The van der Waals surface area contributed by atoms with Gasteiger partial charge in [0.15, 0.2) is 5.60 Å². The largest absolute Gasteiger partial charge is 0.477 e. The molecule has 1 saturated heterocycles. The molecular formula is C17H24ClFN2O2. The number of benzene rings is 1. The van der Waals surface area contributed by atoms with E-state index in [1.165, 1.54) is 12.1 Å². The third-order valence-electron chi connectivity index (χ3n) is 4.79. The van der Waals surface area contributed by atoms with Gasteiger partial charge in [-0.05, 0) is 49.9 Å². The highest BCUT2D eigenvalue weighted by molar-refractivity contribution is 5.88. The van der Waals surface area contributed by atoms with Gasteiger partial charge in [0.2, 0.25) is 0 Å². The summed E-state index contributed by atoms with van der Waals surface area (Å²) in [5.41, 5.74) is 5.22. The molecule has 6 heteroatoms. The molecule has 1 heterocycles. The van der Waals surface area contributed by atoms with Crippen molar-refractivity contribution < 1.29 is 13.9 Å². The van der Waals surface area contributed by atoms with Crippen LogP contribution < -0.4 is 10.5 Å². The smallest absolute Gasteiger partial charge is 0.266 e. The molecule has 1 amide bonds. The maximum absolute atomic E-state index is 12.9. The van der Waals surface area contributed by atoms with Crippen molar-refractivity contribution in [3.05, 3.63) is 30.1 Å². The van der Waals surface area contributed by atoms with Crippen molar-refractivity contribution >= 4 is 18.3 Å². The Balaban J connectivity index is 0.00000192. The fourth-order valence-corrected chi connectivity index (χ4v) is 3.12. The summed E-state index contributed by atoms with van der Waals surface area (Å²) >= 11 is 0. The molecule has 0 aromatic heterocycles. The molecule has 1 aliphatic heterocycles. The maximum atomic E-state index is 12.9. The first-order valence-corrected chi connectivity index (χ1v) is 8.00. The van der Waals surface area contributed by atoms with Crippen LogP contribution in [-0.2, 0) is 4.79 Å². The highest BCUT2D eigenvalue weighted by Gasteiger charge is 2.55. The van der Waals surface area contributed by atoms with Gasteiger partial charge in [-0.3, -0.25) is 4.79 Å². The maximum Gasteiger partial charge on any atom is 0.266 e. The summed E-state index contributed by atoms with van der Waals surface area (Å²) in [5.74, 6) is 0.816. The van der Waals surface area contributed by atoms with Crippen LogP contribution in [0.25, 0.3) is 0 Å². The van der Waals surface area contributed by atoms with E-state index < -0.39 is 5.60 Å². The number of hydrogen-bond acceptors (Lipinski definition) is 3. The lowest BCUT2D eigenvalue weighted by Gasteiger charge is -2.35. The third-order valence-corrected chi connectivity index (χ3v) is 4.79. The van der Waals surface area contributed by atoms with E-state index in [-0.39, 0.29) is 30.2 Å². The Kier molecular flexibility index (Phi) is 5.53. The third kappa shape index (κ3) is 3.96. The number of halogens is 2. The van der Waals surface area contributed by atoms with E-state index >= 15 is 0 Å². The van der Waals surface area contributed by atoms with Gasteiger partial charge in [-0.1, -0.05) is 0 Å². The fraction of sp³-hybridized carbons (Fsp3) is 0.588. The lowest BCUT2D eigenvalue weighted by molar-refractivity contribution is -0.142. The molecule has 0 radical (unpaired) electrons. The number of likely N-dealkylation sites (tertiary alicyclic amines) is 1. The number of nitrogens with two attached hydrogens (primary N) is 1. The zero-order chi connectivity index (χ0) is 15.7. The topological polar surface area (TPSA) is 55.6 Å². The molecule has 0 bridgehead atoms. The van der Waals surface area contributed by atoms with Gasteiger partial charge >= 0.3 is 0 Å². The quantitative estimate of drug-likeness (QED) is 0.915. The molecular weight excluding hydrogens is 319 g/mol. The molecule has 2 N–H and O–H groups in total. The highest BCUT2D eigenvalue weighted by Crippen LogP contribution is 2.42. The van der Waals surface area contributed by atoms with Gasteiger partial charge in [0.25, 0.3) is 5.91 Å².